The van der Waals surface area contributed by atoms with Gasteiger partial charge < -0.3 is 4.74 Å². The first-order chi connectivity index (χ1) is 12.7. The molecule has 0 saturated carbocycles. The van der Waals surface area contributed by atoms with E-state index in [0.29, 0.717) is 6.73 Å². The van der Waals surface area contributed by atoms with Gasteiger partial charge >= 0.3 is 0 Å². The summed E-state index contributed by atoms with van der Waals surface area (Å²) in [7, 11) is -0.637. The molecule has 0 aliphatic carbocycles. The summed E-state index contributed by atoms with van der Waals surface area (Å²) in [6, 6.07) is 6.45. The van der Waals surface area contributed by atoms with E-state index in [1.807, 2.05) is 12.3 Å². The van der Waals surface area contributed by atoms with Crippen LogP contribution in [0.3, 0.4) is 0 Å². The van der Waals surface area contributed by atoms with Crippen LogP contribution in [0.1, 0.15) is 30.9 Å². The predicted octanol–water partition coefficient (Wildman–Crippen LogP) is 2.75. The summed E-state index contributed by atoms with van der Waals surface area (Å²) in [4.78, 5) is 9.42. The number of hydrogen-bond acceptors (Lipinski definition) is 5. The number of ether oxygens (including phenoxy) is 1. The highest BCUT2D eigenvalue weighted by Crippen LogP contribution is 2.35. The first-order valence-electron chi connectivity index (χ1n) is 9.56. The highest BCUT2D eigenvalue weighted by molar-refractivity contribution is 7.85. The summed E-state index contributed by atoms with van der Waals surface area (Å²) in [5.41, 5.74) is 3.53. The Hall–Kier alpha value is -1.50. The fourth-order valence-corrected chi connectivity index (χ4v) is 4.93. The van der Waals surface area contributed by atoms with Gasteiger partial charge in [-0.15, -0.1) is 0 Å². The molecule has 5 nitrogen and oxygen atoms in total. The molecule has 0 N–H and O–H groups in total. The van der Waals surface area contributed by atoms with E-state index in [1.54, 1.807) is 0 Å². The van der Waals surface area contributed by atoms with Crippen LogP contribution in [0, 0.1) is 0 Å². The Morgan fingerprint density at radius 1 is 1.27 bits per heavy atom. The zero-order valence-corrected chi connectivity index (χ0v) is 16.3. The Labute approximate surface area is 157 Å². The van der Waals surface area contributed by atoms with Crippen molar-refractivity contribution in [3.63, 3.8) is 0 Å². The fourth-order valence-electron chi connectivity index (χ4n) is 3.80. The van der Waals surface area contributed by atoms with Crippen molar-refractivity contribution in [2.45, 2.75) is 32.9 Å². The molecule has 26 heavy (non-hydrogen) atoms. The molecule has 0 atom stereocenters. The van der Waals surface area contributed by atoms with Crippen molar-refractivity contribution in [3.05, 3.63) is 35.5 Å². The molecular weight excluding hydrogens is 346 g/mol. The number of unbranched alkanes of at least 4 members (excludes halogenated alkanes) is 1. The van der Waals surface area contributed by atoms with Crippen LogP contribution < -0.4 is 4.74 Å². The largest absolute Gasteiger partial charge is 0.475 e. The van der Waals surface area contributed by atoms with Gasteiger partial charge in [0.05, 0.1) is 0 Å². The van der Waals surface area contributed by atoms with Crippen molar-refractivity contribution < 1.29 is 8.95 Å². The zero-order chi connectivity index (χ0) is 17.9. The number of fused-ring (bicyclic) bond motifs is 3. The Bertz CT molecular complexity index is 801. The highest BCUT2D eigenvalue weighted by Gasteiger charge is 2.23. The lowest BCUT2D eigenvalue weighted by molar-refractivity contribution is 0.0954. The van der Waals surface area contributed by atoms with Crippen LogP contribution in [-0.2, 0) is 23.9 Å². The SMILES string of the molecule is CCCCN1COc2c(cc(CN3CCS(=O)CC3)c3cccnc23)C1. The molecule has 0 bridgehead atoms. The summed E-state index contributed by atoms with van der Waals surface area (Å²) in [5, 5.41) is 1.18. The molecule has 1 fully saturated rings. The van der Waals surface area contributed by atoms with Crippen LogP contribution in [0.25, 0.3) is 10.9 Å². The molecule has 1 aromatic heterocycles. The summed E-state index contributed by atoms with van der Waals surface area (Å²) < 4.78 is 17.8. The third-order valence-electron chi connectivity index (χ3n) is 5.29. The molecule has 2 aliphatic rings. The Kier molecular flexibility index (Phi) is 5.52. The minimum atomic E-state index is -0.637. The summed E-state index contributed by atoms with van der Waals surface area (Å²) in [6.45, 7) is 7.58. The maximum Gasteiger partial charge on any atom is 0.152 e. The maximum absolute atomic E-state index is 11.6. The van der Waals surface area contributed by atoms with Crippen LogP contribution >= 0.6 is 0 Å². The molecule has 0 unspecified atom stereocenters. The molecule has 4 rings (SSSR count). The van der Waals surface area contributed by atoms with Gasteiger partial charge in [0.2, 0.25) is 0 Å². The van der Waals surface area contributed by atoms with Gasteiger partial charge in [-0.1, -0.05) is 19.4 Å². The Morgan fingerprint density at radius 2 is 2.12 bits per heavy atom. The van der Waals surface area contributed by atoms with Crippen molar-refractivity contribution >= 4 is 21.7 Å². The van der Waals surface area contributed by atoms with Crippen LogP contribution in [0.15, 0.2) is 24.4 Å². The number of aromatic nitrogens is 1. The molecule has 1 saturated heterocycles. The topological polar surface area (TPSA) is 45.7 Å². The van der Waals surface area contributed by atoms with Crippen molar-refractivity contribution in [1.82, 2.24) is 14.8 Å². The van der Waals surface area contributed by atoms with E-state index in [0.717, 1.165) is 55.5 Å². The van der Waals surface area contributed by atoms with Gasteiger partial charge in [-0.05, 0) is 24.1 Å². The fraction of sp³-hybridized carbons (Fsp3) is 0.550. The van der Waals surface area contributed by atoms with Gasteiger partial charge in [-0.25, -0.2) is 0 Å². The summed E-state index contributed by atoms with van der Waals surface area (Å²) in [5.74, 6) is 2.53. The number of rotatable bonds is 5. The van der Waals surface area contributed by atoms with Gasteiger partial charge in [-0.2, -0.15) is 0 Å². The predicted molar refractivity (Wildman–Crippen MR) is 106 cm³/mol. The standard InChI is InChI=1S/C20H27N3O2S/c1-2-3-7-23-14-17-12-16(13-22-8-10-26(24)11-9-22)18-5-4-6-21-19(18)20(17)25-15-23/h4-6,12H,2-3,7-11,13-15H2,1H3. The molecule has 3 heterocycles. The Balaban J connectivity index is 1.64. The molecular formula is C20H27N3O2S. The second-order valence-electron chi connectivity index (χ2n) is 7.23. The normalized spacial score (nSPS) is 19.4. The number of benzene rings is 1. The van der Waals surface area contributed by atoms with Gasteiger partial charge in [-0.3, -0.25) is 19.0 Å². The number of pyridine rings is 1. The van der Waals surface area contributed by atoms with Crippen LogP contribution in [0.2, 0.25) is 0 Å². The monoisotopic (exact) mass is 373 g/mol. The molecule has 0 spiro atoms. The Morgan fingerprint density at radius 3 is 2.92 bits per heavy atom. The van der Waals surface area contributed by atoms with Crippen molar-refractivity contribution in [2.75, 3.05) is 37.9 Å². The molecule has 0 amide bonds. The highest BCUT2D eigenvalue weighted by atomic mass is 32.2. The van der Waals surface area contributed by atoms with Crippen molar-refractivity contribution in [1.29, 1.82) is 0 Å². The lowest BCUT2D eigenvalue weighted by Gasteiger charge is -2.31. The van der Waals surface area contributed by atoms with Gasteiger partial charge in [0.25, 0.3) is 0 Å². The summed E-state index contributed by atoms with van der Waals surface area (Å²) >= 11 is 0. The van der Waals surface area contributed by atoms with E-state index in [9.17, 15) is 4.21 Å². The van der Waals surface area contributed by atoms with Gasteiger partial charge in [0.15, 0.2) is 5.75 Å². The average Bonchev–Trinajstić information content (AvgIpc) is 2.68. The van der Waals surface area contributed by atoms with E-state index in [1.165, 1.54) is 29.4 Å². The molecule has 2 aromatic rings. The second kappa shape index (κ2) is 8.03. The van der Waals surface area contributed by atoms with Gasteiger partial charge in [0, 0.05) is 72.2 Å². The van der Waals surface area contributed by atoms with E-state index >= 15 is 0 Å². The molecule has 6 heteroatoms. The van der Waals surface area contributed by atoms with Crippen molar-refractivity contribution in [3.8, 4) is 5.75 Å². The smallest absolute Gasteiger partial charge is 0.152 e. The van der Waals surface area contributed by atoms with E-state index in [2.05, 4.69) is 33.8 Å². The molecule has 0 radical (unpaired) electrons. The quantitative estimate of drug-likeness (QED) is 0.806. The maximum atomic E-state index is 11.6. The van der Waals surface area contributed by atoms with Crippen LogP contribution in [-0.4, -0.2) is 56.9 Å². The number of nitrogens with zero attached hydrogens (tertiary/aromatic N) is 3. The molecule has 2 aliphatic heterocycles. The zero-order valence-electron chi connectivity index (χ0n) is 15.4. The average molecular weight is 374 g/mol. The first kappa shape index (κ1) is 17.9. The van der Waals surface area contributed by atoms with Crippen LogP contribution in [0.5, 0.6) is 5.75 Å². The lowest BCUT2D eigenvalue weighted by atomic mass is 10.0. The van der Waals surface area contributed by atoms with E-state index in [4.69, 9.17) is 4.74 Å². The minimum Gasteiger partial charge on any atom is -0.475 e. The molecule has 140 valence electrons. The first-order valence-corrected chi connectivity index (χ1v) is 11.1. The lowest BCUT2D eigenvalue weighted by Crippen LogP contribution is -2.37. The third kappa shape index (κ3) is 3.77. The van der Waals surface area contributed by atoms with Crippen LogP contribution in [0.4, 0.5) is 0 Å². The third-order valence-corrected chi connectivity index (χ3v) is 6.56. The second-order valence-corrected chi connectivity index (χ2v) is 8.92. The van der Waals surface area contributed by atoms with Crippen molar-refractivity contribution in [2.24, 2.45) is 0 Å². The minimum absolute atomic E-state index is 0.637. The van der Waals surface area contributed by atoms with E-state index in [-0.39, 0.29) is 0 Å². The van der Waals surface area contributed by atoms with E-state index < -0.39 is 10.8 Å². The molecule has 1 aromatic carbocycles. The number of hydrogen-bond donors (Lipinski definition) is 0. The summed E-state index contributed by atoms with van der Waals surface area (Å²) in [6.07, 6.45) is 4.25. The van der Waals surface area contributed by atoms with Gasteiger partial charge in [0.1, 0.15) is 12.2 Å².